The second-order valence-electron chi connectivity index (χ2n) is 34.9. The van der Waals surface area contributed by atoms with Crippen LogP contribution in [0.15, 0.2) is 0 Å². The Morgan fingerprint density at radius 2 is 0.267 bits per heavy atom. The van der Waals surface area contributed by atoms with Gasteiger partial charge in [-0.15, -0.1) is 0 Å². The summed E-state index contributed by atoms with van der Waals surface area (Å²) in [4.78, 5) is 4.38. The minimum Gasteiger partial charge on any atom is -1.00 e. The summed E-state index contributed by atoms with van der Waals surface area (Å²) in [6.07, 6.45) is -2.53. The molecule has 0 aliphatic heterocycles. The quantitative estimate of drug-likeness (QED) is 0.0251. The van der Waals surface area contributed by atoms with E-state index in [1.807, 2.05) is 49.3 Å². The van der Waals surface area contributed by atoms with Gasteiger partial charge in [0.1, 0.15) is 264 Å². The van der Waals surface area contributed by atoms with Gasteiger partial charge in [-0.2, -0.15) is 0 Å². The molecule has 0 spiro atoms. The highest BCUT2D eigenvalue weighted by Crippen LogP contribution is 2.09. The topological polar surface area (TPSA) is 665 Å². The summed E-state index contributed by atoms with van der Waals surface area (Å²) in [7, 11) is 13.4. The van der Waals surface area contributed by atoms with Crippen LogP contribution >= 0.6 is 0 Å². The van der Waals surface area contributed by atoms with Crippen molar-refractivity contribution in [2.45, 2.75) is 190 Å². The van der Waals surface area contributed by atoms with Crippen LogP contribution < -0.4 is 32.0 Å². The predicted molar refractivity (Wildman–Crippen MR) is 540 cm³/mol. The van der Waals surface area contributed by atoms with Gasteiger partial charge in [0.25, 0.3) is 0 Å². The summed E-state index contributed by atoms with van der Waals surface area (Å²) in [5.41, 5.74) is 0. The minimum absolute atomic E-state index is 0. The maximum Gasteiger partial charge on any atom is 0.105 e. The molecule has 0 aliphatic rings. The van der Waals surface area contributed by atoms with Gasteiger partial charge in [0.05, 0.1) is 208 Å². The van der Waals surface area contributed by atoms with Gasteiger partial charge in [0.15, 0.2) is 0 Å². The van der Waals surface area contributed by atoms with Crippen molar-refractivity contribution in [3.8, 4) is 0 Å². The van der Waals surface area contributed by atoms with Gasteiger partial charge >= 0.3 is 0 Å². The predicted octanol–water partition coefficient (Wildman–Crippen LogP) is -16.7. The molecule has 135 heavy (non-hydrogen) atoms. The second kappa shape index (κ2) is 123. The molecule has 0 saturated carbocycles. The van der Waals surface area contributed by atoms with E-state index in [2.05, 4.69) is 6.92 Å². The van der Waals surface area contributed by atoms with E-state index in [4.69, 9.17) is 148 Å². The van der Waals surface area contributed by atoms with Gasteiger partial charge in [0, 0.05) is 0 Å². The Balaban J connectivity index is -0.0000000595. The molecule has 43 nitrogen and oxygen atoms in total. The van der Waals surface area contributed by atoms with Crippen molar-refractivity contribution in [1.29, 1.82) is 0 Å². The average molecular weight is 2040 g/mol. The second-order valence-corrected chi connectivity index (χ2v) is 34.9. The molecule has 0 aromatic heterocycles. The number of aliphatic hydroxyl groups is 32. The molecular weight excluding hydrogens is 1790 g/mol. The van der Waals surface area contributed by atoms with Crippen LogP contribution in [0.25, 0.3) is 0 Å². The number of quaternary nitrogens is 11. The summed E-state index contributed by atoms with van der Waals surface area (Å²) < 4.78 is 3.68. The van der Waals surface area contributed by atoms with Crippen LogP contribution in [-0.2, 0) is 0 Å². The van der Waals surface area contributed by atoms with Crippen molar-refractivity contribution in [3.63, 3.8) is 0 Å². The lowest BCUT2D eigenvalue weighted by molar-refractivity contribution is -0.917. The first-order valence-electron chi connectivity index (χ1n) is 45.2. The molecule has 9 atom stereocenters. The normalized spacial score (nSPS) is 13.8. The zero-order valence-corrected chi connectivity index (χ0v) is 83.1. The fourth-order valence-corrected chi connectivity index (χ4v) is 13.4. The van der Waals surface area contributed by atoms with E-state index in [-0.39, 0.29) is 224 Å². The third-order valence-electron chi connectivity index (χ3n) is 20.1. The zero-order valence-electron chi connectivity index (χ0n) is 82.3. The molecule has 0 bridgehead atoms. The van der Waals surface area contributed by atoms with E-state index >= 15 is 0 Å². The number of rotatable bonds is 66. The first kappa shape index (κ1) is 182. The Hall–Kier alpha value is -1.43. The third-order valence-corrected chi connectivity index (χ3v) is 20.1. The molecule has 0 fully saturated rings. The Morgan fingerprint density at radius 3 is 0.341 bits per heavy atom. The van der Waals surface area contributed by atoms with E-state index in [9.17, 15) is 15.3 Å². The monoisotopic (exact) mass is 2040 g/mol. The number of halogens is 1. The van der Waals surface area contributed by atoms with Crippen LogP contribution in [0.2, 0.25) is 0 Å². The van der Waals surface area contributed by atoms with Crippen LogP contribution in [0.4, 0.5) is 0 Å². The smallest absolute Gasteiger partial charge is 0.105 e. The van der Waals surface area contributed by atoms with Crippen LogP contribution in [-0.4, -0.2) is 667 Å². The molecular formula is C91H242ClN11O32+10. The third kappa shape index (κ3) is 139. The molecule has 0 rings (SSSR count). The number of likely N-dealkylation sites (N-methyl/N-ethyl adjacent to an activating group) is 7. The summed E-state index contributed by atoms with van der Waals surface area (Å²) in [6.45, 7) is 39.9. The largest absolute Gasteiger partial charge is 1.00 e. The van der Waals surface area contributed by atoms with Gasteiger partial charge in [0.2, 0.25) is 0 Å². The summed E-state index contributed by atoms with van der Waals surface area (Å²) >= 11 is 0. The summed E-state index contributed by atoms with van der Waals surface area (Å²) in [5.74, 6) is 0. The molecule has 9 unspecified atom stereocenters. The molecule has 0 heterocycles. The molecule has 44 heteroatoms. The SMILES string of the molecule is C.C.C.C.C.C.C.C.CC(O)C[N+](C)(CC(C)O)CC(C)O.CC(O)C[NH+](CC(C)O)CC(C)O.CC(O)C[NH+](CC(C)O)CC(C)O.CCC[NH+](CCO)CCO.C[N+](CCO)(CCO)CCO.C[N+](CCO)(CCO)CCO.C[N+](CCO)(CCO)CCO.C[N+](CCO)(CCO)CCO.C[N+](CCO)(CCO)CCO.C[N+](CCO)(CCO)CCO.OCC[NH+](CCO)CCO.[Cl-]. The summed E-state index contributed by atoms with van der Waals surface area (Å²) in [5, 5.41) is 282. The highest BCUT2D eigenvalue weighted by Gasteiger charge is 2.29. The van der Waals surface area contributed by atoms with Crippen molar-refractivity contribution < 1.29 is 227 Å². The lowest BCUT2D eigenvalue weighted by Gasteiger charge is -2.37. The Kier molecular flexibility index (Phi) is 166. The van der Waals surface area contributed by atoms with E-state index in [0.717, 1.165) is 40.8 Å². The Labute approximate surface area is 830 Å². The molecule has 0 aliphatic carbocycles. The van der Waals surface area contributed by atoms with E-state index in [1.54, 1.807) is 62.3 Å². The fourth-order valence-electron chi connectivity index (χ4n) is 13.4. The molecule has 0 aromatic carbocycles. The molecule has 850 valence electrons. The highest BCUT2D eigenvalue weighted by atomic mass is 35.5. The highest BCUT2D eigenvalue weighted by molar-refractivity contribution is 4.56. The van der Waals surface area contributed by atoms with E-state index in [0.29, 0.717) is 228 Å². The van der Waals surface area contributed by atoms with Gasteiger partial charge in [-0.05, 0) is 68.7 Å². The first-order valence-corrected chi connectivity index (χ1v) is 45.2. The van der Waals surface area contributed by atoms with Crippen molar-refractivity contribution in [2.24, 2.45) is 0 Å². The fraction of sp³-hybridized carbons (Fsp3) is 1.00. The maximum absolute atomic E-state index is 9.33. The van der Waals surface area contributed by atoms with Gasteiger partial charge in [-0.3, -0.25) is 0 Å². The van der Waals surface area contributed by atoms with E-state index < -0.39 is 54.9 Å². The number of hydrogen-bond acceptors (Lipinski definition) is 32. The van der Waals surface area contributed by atoms with Crippen LogP contribution in [0.1, 0.15) is 135 Å². The van der Waals surface area contributed by atoms with Crippen LogP contribution in [0.3, 0.4) is 0 Å². The Morgan fingerprint density at radius 1 is 0.163 bits per heavy atom. The summed E-state index contributed by atoms with van der Waals surface area (Å²) in [6, 6.07) is 0. The molecule has 0 amide bonds. The number of nitrogens with zero attached hydrogens (tertiary/aromatic N) is 7. The van der Waals surface area contributed by atoms with Crippen molar-refractivity contribution in [2.75, 3.05) is 417 Å². The molecule has 0 aromatic rings. The number of hydrogen-bond donors (Lipinski definition) is 36. The van der Waals surface area contributed by atoms with Crippen LogP contribution in [0.5, 0.6) is 0 Å². The zero-order chi connectivity index (χ0) is 100. The average Bonchev–Trinajstić information content (AvgIpc) is 0.866. The standard InChI is InChI=1S/C10H24NO3.2C9H21NO3.6C7H18NO3.C7H17NO2.C6H15NO3.8CH4.ClH/c1-8(12)5-11(4,6-9(2)13)7-10(3)14;2*1-7(11)4-10(5-8(2)12)6-9(3)13;6*1-8(2-5-9,3-6-10)4-7-11;1-2-3-8(4-6-9)5-7-10;8-4-1-7(2-5-9)3-6-10;;;;;;;;;/h8-10,12-14H,5-7H2,1-4H3;2*7-9,11-13H,4-6H2,1-3H3;6*9-11H,2-7H2,1H3;9-10H,2-7H2,1H3;8-10H,1-6H2;8*1H4;1H/q+1;;;6*+1;;;;;;;;;;;/p+3. The van der Waals surface area contributed by atoms with Crippen LogP contribution in [0, 0.1) is 0 Å². The van der Waals surface area contributed by atoms with Crippen molar-refractivity contribution >= 4 is 0 Å². The van der Waals surface area contributed by atoms with E-state index in [1.165, 1.54) is 4.90 Å². The minimum atomic E-state index is -0.419. The molecule has 0 radical (unpaired) electrons. The van der Waals surface area contributed by atoms with Gasteiger partial charge < -0.3 is 227 Å². The Bertz CT molecular complexity index is 1660. The molecule has 0 saturated heterocycles. The lowest BCUT2D eigenvalue weighted by Crippen LogP contribution is -3.15. The van der Waals surface area contributed by atoms with Crippen molar-refractivity contribution in [1.82, 2.24) is 0 Å². The van der Waals surface area contributed by atoms with Gasteiger partial charge in [-0.1, -0.05) is 66.3 Å². The number of nitrogens with one attached hydrogen (secondary N) is 4. The lowest BCUT2D eigenvalue weighted by atomic mass is 10.2. The van der Waals surface area contributed by atoms with Crippen molar-refractivity contribution in [3.05, 3.63) is 0 Å². The first-order chi connectivity index (χ1) is 58.9. The maximum atomic E-state index is 9.33. The van der Waals surface area contributed by atoms with Gasteiger partial charge in [-0.25, -0.2) is 0 Å². The molecule has 36 N–H and O–H groups in total. The number of aliphatic hydroxyl groups excluding tert-OH is 32.